The fourth-order valence-electron chi connectivity index (χ4n) is 4.49. The van der Waals surface area contributed by atoms with Crippen molar-refractivity contribution in [3.05, 3.63) is 108 Å². The van der Waals surface area contributed by atoms with Crippen molar-refractivity contribution in [3.63, 3.8) is 0 Å². The highest BCUT2D eigenvalue weighted by Crippen LogP contribution is 2.37. The van der Waals surface area contributed by atoms with E-state index in [9.17, 15) is 4.79 Å². The smallest absolute Gasteiger partial charge is 0.303 e. The fourth-order valence-corrected chi connectivity index (χ4v) is 4.49. The van der Waals surface area contributed by atoms with Gasteiger partial charge in [-0.05, 0) is 11.1 Å². The molecule has 7 nitrogen and oxygen atoms in total. The zero-order chi connectivity index (χ0) is 24.7. The fraction of sp³-hybridized carbons (Fsp3) is 0.345. The molecule has 0 spiro atoms. The van der Waals surface area contributed by atoms with Crippen LogP contribution in [0.1, 0.15) is 29.9 Å². The lowest BCUT2D eigenvalue weighted by molar-refractivity contribution is -0.368. The van der Waals surface area contributed by atoms with Gasteiger partial charge in [0.05, 0.1) is 19.8 Å². The summed E-state index contributed by atoms with van der Waals surface area (Å²) in [6, 6.07) is 29.3. The highest BCUT2D eigenvalue weighted by atomic mass is 16.8. The molecule has 7 heteroatoms. The summed E-state index contributed by atoms with van der Waals surface area (Å²) in [6.07, 6.45) is -3.89. The van der Waals surface area contributed by atoms with Gasteiger partial charge in [0.1, 0.15) is 18.3 Å². The molecule has 0 aromatic heterocycles. The third-order valence-corrected chi connectivity index (χ3v) is 6.20. The Balaban J connectivity index is 1.40. The lowest BCUT2D eigenvalue weighted by atomic mass is 9.97. The van der Waals surface area contributed by atoms with Crippen LogP contribution < -0.4 is 0 Å². The molecule has 0 amide bonds. The van der Waals surface area contributed by atoms with E-state index in [0.29, 0.717) is 13.2 Å². The van der Waals surface area contributed by atoms with Gasteiger partial charge in [-0.2, -0.15) is 0 Å². The Morgan fingerprint density at radius 1 is 0.778 bits per heavy atom. The number of ether oxygens (including phenoxy) is 6. The predicted molar refractivity (Wildman–Crippen MR) is 130 cm³/mol. The van der Waals surface area contributed by atoms with Crippen LogP contribution in [0.3, 0.4) is 0 Å². The van der Waals surface area contributed by atoms with E-state index in [4.69, 9.17) is 28.4 Å². The molecule has 6 atom stereocenters. The SMILES string of the molecule is CC(=O)O[C@@H]1[C@@H](OCc2ccccc2)O[C@@H]2CO[C@@H](c3ccccc3)O[C@H]2[C@@H]1OCc1ccccc1. The molecule has 36 heavy (non-hydrogen) atoms. The summed E-state index contributed by atoms with van der Waals surface area (Å²) < 4.78 is 36.9. The molecule has 188 valence electrons. The average Bonchev–Trinajstić information content (AvgIpc) is 2.92. The predicted octanol–water partition coefficient (Wildman–Crippen LogP) is 4.56. The molecule has 0 saturated carbocycles. The number of esters is 1. The summed E-state index contributed by atoms with van der Waals surface area (Å²) in [5.41, 5.74) is 2.87. The van der Waals surface area contributed by atoms with E-state index in [1.54, 1.807) is 0 Å². The van der Waals surface area contributed by atoms with E-state index in [1.165, 1.54) is 6.92 Å². The third-order valence-electron chi connectivity index (χ3n) is 6.20. The van der Waals surface area contributed by atoms with Crippen LogP contribution in [0, 0.1) is 0 Å². The topological polar surface area (TPSA) is 72.5 Å². The minimum atomic E-state index is -0.850. The Morgan fingerprint density at radius 3 is 1.97 bits per heavy atom. The number of carbonyl (C=O) groups is 1. The van der Waals surface area contributed by atoms with Gasteiger partial charge in [0.2, 0.25) is 0 Å². The van der Waals surface area contributed by atoms with E-state index in [-0.39, 0.29) is 6.61 Å². The molecule has 3 aromatic rings. The maximum atomic E-state index is 12.1. The maximum Gasteiger partial charge on any atom is 0.303 e. The normalized spacial score (nSPS) is 27.7. The first-order valence-corrected chi connectivity index (χ1v) is 12.1. The minimum absolute atomic E-state index is 0.285. The van der Waals surface area contributed by atoms with Gasteiger partial charge >= 0.3 is 5.97 Å². The molecule has 0 aliphatic carbocycles. The number of carbonyl (C=O) groups excluding carboxylic acids is 1. The number of hydrogen-bond acceptors (Lipinski definition) is 7. The number of benzene rings is 3. The van der Waals surface area contributed by atoms with Gasteiger partial charge in [-0.25, -0.2) is 0 Å². The molecule has 0 bridgehead atoms. The highest BCUT2D eigenvalue weighted by molar-refractivity contribution is 5.66. The summed E-state index contributed by atoms with van der Waals surface area (Å²) in [6.45, 7) is 2.26. The average molecular weight is 491 g/mol. The van der Waals surface area contributed by atoms with Crippen LogP contribution in [0.15, 0.2) is 91.0 Å². The van der Waals surface area contributed by atoms with Crippen LogP contribution >= 0.6 is 0 Å². The highest BCUT2D eigenvalue weighted by Gasteiger charge is 2.52. The second-order valence-electron chi connectivity index (χ2n) is 8.85. The Kier molecular flexibility index (Phi) is 8.05. The first-order chi connectivity index (χ1) is 17.7. The molecule has 5 rings (SSSR count). The molecule has 2 aliphatic rings. The van der Waals surface area contributed by atoms with Gasteiger partial charge < -0.3 is 28.4 Å². The quantitative estimate of drug-likeness (QED) is 0.429. The molecule has 0 N–H and O–H groups in total. The molecule has 2 heterocycles. The summed E-state index contributed by atoms with van der Waals surface area (Å²) >= 11 is 0. The lowest BCUT2D eigenvalue weighted by Gasteiger charge is -2.48. The van der Waals surface area contributed by atoms with Gasteiger partial charge in [0.15, 0.2) is 18.7 Å². The molecule has 2 saturated heterocycles. The molecule has 2 fully saturated rings. The van der Waals surface area contributed by atoms with Crippen LogP contribution in [0.4, 0.5) is 0 Å². The van der Waals surface area contributed by atoms with Crippen LogP contribution in [0.5, 0.6) is 0 Å². The van der Waals surface area contributed by atoms with Gasteiger partial charge in [0.25, 0.3) is 0 Å². The van der Waals surface area contributed by atoms with Crippen molar-refractivity contribution in [2.45, 2.75) is 57.1 Å². The summed E-state index contributed by atoms with van der Waals surface area (Å²) in [5.74, 6) is -0.449. The van der Waals surface area contributed by atoms with Crippen LogP contribution in [-0.4, -0.2) is 43.3 Å². The number of hydrogen-bond donors (Lipinski definition) is 0. The first-order valence-electron chi connectivity index (χ1n) is 12.1. The number of fused-ring (bicyclic) bond motifs is 1. The molecule has 3 aromatic carbocycles. The molecule has 0 unspecified atom stereocenters. The monoisotopic (exact) mass is 490 g/mol. The van der Waals surface area contributed by atoms with Crippen molar-refractivity contribution in [2.75, 3.05) is 6.61 Å². The first kappa shape index (κ1) is 24.6. The Labute approximate surface area is 210 Å². The van der Waals surface area contributed by atoms with E-state index >= 15 is 0 Å². The van der Waals surface area contributed by atoms with Crippen molar-refractivity contribution in [1.82, 2.24) is 0 Å². The van der Waals surface area contributed by atoms with E-state index < -0.39 is 43.0 Å². The second-order valence-corrected chi connectivity index (χ2v) is 8.85. The van der Waals surface area contributed by atoms with Crippen LogP contribution in [-0.2, 0) is 46.4 Å². The van der Waals surface area contributed by atoms with Crippen molar-refractivity contribution in [1.29, 1.82) is 0 Å². The molecular weight excluding hydrogens is 460 g/mol. The van der Waals surface area contributed by atoms with E-state index in [0.717, 1.165) is 16.7 Å². The van der Waals surface area contributed by atoms with Gasteiger partial charge in [-0.1, -0.05) is 91.0 Å². The largest absolute Gasteiger partial charge is 0.454 e. The minimum Gasteiger partial charge on any atom is -0.454 e. The Bertz CT molecular complexity index is 1090. The zero-order valence-electron chi connectivity index (χ0n) is 20.1. The van der Waals surface area contributed by atoms with Crippen molar-refractivity contribution in [3.8, 4) is 0 Å². The third kappa shape index (κ3) is 6.00. The molecular formula is C29H30O7. The maximum absolute atomic E-state index is 12.1. The standard InChI is InChI=1S/C29H30O7/c1-20(30)34-27-26(31-17-21-11-5-2-6-12-21)25-24(19-33-28(36-25)23-15-9-4-10-16-23)35-29(27)32-18-22-13-7-3-8-14-22/h2-16,24-29H,17-19H2,1H3/t24-,25-,26+,27+,28-,29+/m1/s1. The number of rotatable bonds is 8. The lowest BCUT2D eigenvalue weighted by Crippen LogP contribution is -2.63. The molecule has 2 aliphatic heterocycles. The van der Waals surface area contributed by atoms with Gasteiger partial charge in [-0.15, -0.1) is 0 Å². The summed E-state index contributed by atoms with van der Waals surface area (Å²) in [5, 5.41) is 0. The van der Waals surface area contributed by atoms with Crippen LogP contribution in [0.2, 0.25) is 0 Å². The summed E-state index contributed by atoms with van der Waals surface area (Å²) in [4.78, 5) is 12.1. The Hall–Kier alpha value is -3.07. The second kappa shape index (κ2) is 11.8. The van der Waals surface area contributed by atoms with Crippen molar-refractivity contribution < 1.29 is 33.2 Å². The summed E-state index contributed by atoms with van der Waals surface area (Å²) in [7, 11) is 0. The zero-order valence-corrected chi connectivity index (χ0v) is 20.1. The molecule has 0 radical (unpaired) electrons. The van der Waals surface area contributed by atoms with E-state index in [1.807, 2.05) is 91.0 Å². The Morgan fingerprint density at radius 2 is 1.36 bits per heavy atom. The van der Waals surface area contributed by atoms with Crippen LogP contribution in [0.25, 0.3) is 0 Å². The van der Waals surface area contributed by atoms with Gasteiger partial charge in [-0.3, -0.25) is 4.79 Å². The van der Waals surface area contributed by atoms with Gasteiger partial charge in [0, 0.05) is 12.5 Å². The van der Waals surface area contributed by atoms with E-state index in [2.05, 4.69) is 0 Å². The van der Waals surface area contributed by atoms with Crippen molar-refractivity contribution >= 4 is 5.97 Å². The van der Waals surface area contributed by atoms with Crippen molar-refractivity contribution in [2.24, 2.45) is 0 Å².